The van der Waals surface area contributed by atoms with Gasteiger partial charge in [0.1, 0.15) is 0 Å². The summed E-state index contributed by atoms with van der Waals surface area (Å²) in [4.78, 5) is 2.28. The second-order valence-electron chi connectivity index (χ2n) is 2.37. The fourth-order valence-corrected chi connectivity index (χ4v) is 4.34. The molecule has 0 radical (unpaired) electrons. The van der Waals surface area contributed by atoms with Crippen LogP contribution in [0.15, 0.2) is 10.3 Å². The number of hydrogen-bond acceptors (Lipinski definition) is 2. The monoisotopic (exact) mass is 236 g/mol. The van der Waals surface area contributed by atoms with E-state index in [9.17, 15) is 0 Å². The minimum atomic E-state index is 0.613. The first-order chi connectivity index (χ1) is 5.47. The summed E-state index contributed by atoms with van der Waals surface area (Å²) in [6.07, 6.45) is 0. The summed E-state index contributed by atoms with van der Waals surface area (Å²) in [7, 11) is 0. The molecule has 1 fully saturated rings. The van der Waals surface area contributed by atoms with Gasteiger partial charge in [-0.05, 0) is 0 Å². The van der Waals surface area contributed by atoms with E-state index in [1.807, 2.05) is 11.3 Å². The molecule has 0 N–H and O–H groups in total. The van der Waals surface area contributed by atoms with E-state index in [4.69, 9.17) is 4.74 Å². The molecule has 0 saturated carbocycles. The predicted octanol–water partition coefficient (Wildman–Crippen LogP) is -0.393. The van der Waals surface area contributed by atoms with Gasteiger partial charge in [0.05, 0.1) is 0 Å². The SMILES string of the molecule is c1c[se]c(=[N+]2CCOCC2)s1. The summed E-state index contributed by atoms with van der Waals surface area (Å²) in [5.41, 5.74) is 0. The first-order valence-corrected chi connectivity index (χ1v) is 6.37. The van der Waals surface area contributed by atoms with Crippen molar-refractivity contribution in [1.82, 2.24) is 4.58 Å². The third-order valence-electron chi connectivity index (χ3n) is 1.66. The van der Waals surface area contributed by atoms with Crippen molar-refractivity contribution < 1.29 is 4.74 Å². The fourth-order valence-electron chi connectivity index (χ4n) is 1.09. The zero-order valence-corrected chi connectivity index (χ0v) is 8.68. The van der Waals surface area contributed by atoms with Gasteiger partial charge in [-0.2, -0.15) is 0 Å². The molecule has 0 aromatic carbocycles. The Bertz CT molecular complexity index is 266. The van der Waals surface area contributed by atoms with E-state index in [0.29, 0.717) is 14.5 Å². The van der Waals surface area contributed by atoms with Crippen LogP contribution in [0, 0.1) is 0 Å². The quantitative estimate of drug-likeness (QED) is 0.440. The van der Waals surface area contributed by atoms with Crippen molar-refractivity contribution in [2.75, 3.05) is 26.3 Å². The van der Waals surface area contributed by atoms with Crippen molar-refractivity contribution in [3.05, 3.63) is 13.9 Å². The molecular weight excluding hydrogens is 225 g/mol. The van der Waals surface area contributed by atoms with Gasteiger partial charge in [-0.3, -0.25) is 0 Å². The van der Waals surface area contributed by atoms with E-state index < -0.39 is 0 Å². The molecule has 11 heavy (non-hydrogen) atoms. The second-order valence-corrected chi connectivity index (χ2v) is 5.73. The van der Waals surface area contributed by atoms with Crippen LogP contribution < -0.4 is 8.12 Å². The summed E-state index contributed by atoms with van der Waals surface area (Å²) in [5, 5.41) is 2.20. The molecule has 0 unspecified atom stereocenters. The van der Waals surface area contributed by atoms with Gasteiger partial charge < -0.3 is 0 Å². The van der Waals surface area contributed by atoms with Crippen molar-refractivity contribution in [1.29, 1.82) is 0 Å². The summed E-state index contributed by atoms with van der Waals surface area (Å²) in [5.74, 6) is 0. The molecule has 1 saturated heterocycles. The molecule has 0 atom stereocenters. The number of nitrogens with zero attached hydrogens (tertiary/aromatic N) is 1. The van der Waals surface area contributed by atoms with Gasteiger partial charge in [-0.15, -0.1) is 0 Å². The van der Waals surface area contributed by atoms with E-state index in [1.54, 1.807) is 3.54 Å². The van der Waals surface area contributed by atoms with Crippen molar-refractivity contribution in [2.24, 2.45) is 0 Å². The van der Waals surface area contributed by atoms with E-state index in [2.05, 4.69) is 14.9 Å². The predicted molar refractivity (Wildman–Crippen MR) is 47.1 cm³/mol. The molecule has 60 valence electrons. The van der Waals surface area contributed by atoms with E-state index in [1.165, 1.54) is 0 Å². The fraction of sp³-hybridized carbons (Fsp3) is 0.571. The maximum absolute atomic E-state index is 5.28. The molecule has 1 aliphatic heterocycles. The molecule has 1 aliphatic rings. The molecule has 2 rings (SSSR count). The molecule has 4 heteroatoms. The van der Waals surface area contributed by atoms with Crippen LogP contribution in [0.5, 0.6) is 0 Å². The Labute approximate surface area is 75.5 Å². The van der Waals surface area contributed by atoms with Crippen molar-refractivity contribution in [2.45, 2.75) is 0 Å². The van der Waals surface area contributed by atoms with Crippen LogP contribution in [0.4, 0.5) is 0 Å². The molecule has 0 aliphatic carbocycles. The van der Waals surface area contributed by atoms with Gasteiger partial charge in [-0.25, -0.2) is 0 Å². The van der Waals surface area contributed by atoms with Crippen LogP contribution in [0.25, 0.3) is 0 Å². The summed E-state index contributed by atoms with van der Waals surface area (Å²) in [6, 6.07) is 0. The number of rotatable bonds is 0. The summed E-state index contributed by atoms with van der Waals surface area (Å²) < 4.78 is 9.29. The number of ether oxygens (including phenoxy) is 1. The average Bonchev–Trinajstić information content (AvgIpc) is 2.58. The van der Waals surface area contributed by atoms with Crippen LogP contribution in [0.1, 0.15) is 0 Å². The third kappa shape index (κ3) is 1.82. The Morgan fingerprint density at radius 3 is 2.91 bits per heavy atom. The van der Waals surface area contributed by atoms with Gasteiger partial charge in [0, 0.05) is 0 Å². The average molecular weight is 235 g/mol. The Balaban J connectivity index is 2.32. The summed E-state index contributed by atoms with van der Waals surface area (Å²) in [6.45, 7) is 3.98. The normalized spacial score (nSPS) is 18.7. The van der Waals surface area contributed by atoms with Gasteiger partial charge in [0.25, 0.3) is 0 Å². The first-order valence-electron chi connectivity index (χ1n) is 3.65. The van der Waals surface area contributed by atoms with Crippen molar-refractivity contribution in [3.63, 3.8) is 0 Å². The minimum absolute atomic E-state index is 0.613. The van der Waals surface area contributed by atoms with Crippen molar-refractivity contribution >= 4 is 25.8 Å². The molecule has 0 spiro atoms. The van der Waals surface area contributed by atoms with E-state index in [0.717, 1.165) is 26.3 Å². The maximum atomic E-state index is 5.28. The molecular formula is C7H10NOSSe+. The molecule has 2 nitrogen and oxygen atoms in total. The Hall–Kier alpha value is 0.109. The number of morpholine rings is 1. The van der Waals surface area contributed by atoms with Gasteiger partial charge in [0.15, 0.2) is 0 Å². The second kappa shape index (κ2) is 3.67. The Kier molecular flexibility index (Phi) is 2.59. The molecule has 1 aromatic heterocycles. The van der Waals surface area contributed by atoms with Crippen LogP contribution in [0.2, 0.25) is 0 Å². The Morgan fingerprint density at radius 2 is 2.27 bits per heavy atom. The topological polar surface area (TPSA) is 12.2 Å². The third-order valence-corrected chi connectivity index (χ3v) is 5.42. The van der Waals surface area contributed by atoms with E-state index in [-0.39, 0.29) is 0 Å². The van der Waals surface area contributed by atoms with Gasteiger partial charge in [0.2, 0.25) is 0 Å². The number of hydrogen-bond donors (Lipinski definition) is 0. The van der Waals surface area contributed by atoms with Crippen LogP contribution in [-0.2, 0) is 4.74 Å². The van der Waals surface area contributed by atoms with Gasteiger partial charge >= 0.3 is 75.3 Å². The zero-order valence-electron chi connectivity index (χ0n) is 6.16. The molecule has 0 bridgehead atoms. The van der Waals surface area contributed by atoms with Gasteiger partial charge in [-0.1, -0.05) is 0 Å². The molecule has 2 heterocycles. The molecule has 1 aromatic rings. The molecule has 0 amide bonds. The van der Waals surface area contributed by atoms with Crippen LogP contribution in [-0.4, -0.2) is 40.8 Å². The first kappa shape index (κ1) is 7.74. The standard InChI is InChI=1S/C7H10NOSSe/c1-3-9-4-2-8(1)7-10-5-6-11-7/h5-6H,1-4H2/q+1. The van der Waals surface area contributed by atoms with E-state index >= 15 is 0 Å². The van der Waals surface area contributed by atoms with Crippen LogP contribution >= 0.6 is 11.3 Å². The zero-order chi connectivity index (χ0) is 7.52. The van der Waals surface area contributed by atoms with Crippen LogP contribution in [0.3, 0.4) is 0 Å². The van der Waals surface area contributed by atoms with Crippen molar-refractivity contribution in [3.8, 4) is 0 Å². The summed E-state index contributed by atoms with van der Waals surface area (Å²) >= 11 is 2.50. The Morgan fingerprint density at radius 1 is 1.45 bits per heavy atom.